The lowest BCUT2D eigenvalue weighted by molar-refractivity contribution is -0.148. The van der Waals surface area contributed by atoms with E-state index in [2.05, 4.69) is 18.5 Å². The van der Waals surface area contributed by atoms with Gasteiger partial charge in [0.1, 0.15) is 18.8 Å². The van der Waals surface area contributed by atoms with Crippen LogP contribution in [0.1, 0.15) is 12.8 Å². The molecule has 0 aromatic heterocycles. The van der Waals surface area contributed by atoms with E-state index in [1.807, 2.05) is 0 Å². The van der Waals surface area contributed by atoms with Crippen molar-refractivity contribution in [1.29, 1.82) is 0 Å². The number of carboxylic acid groups (broad SMARTS) is 1. The summed E-state index contributed by atoms with van der Waals surface area (Å²) in [5.41, 5.74) is -1.47. The smallest absolute Gasteiger partial charge is 0.408 e. The molecule has 0 bridgehead atoms. The van der Waals surface area contributed by atoms with Crippen molar-refractivity contribution in [3.8, 4) is 0 Å². The Labute approximate surface area is 128 Å². The third-order valence-electron chi connectivity index (χ3n) is 4.26. The topological polar surface area (TPSA) is 102 Å². The Morgan fingerprint density at radius 3 is 2.45 bits per heavy atom. The van der Waals surface area contributed by atoms with E-state index >= 15 is 0 Å². The van der Waals surface area contributed by atoms with Crippen molar-refractivity contribution in [1.82, 2.24) is 5.32 Å². The Morgan fingerprint density at radius 2 is 1.86 bits per heavy atom. The molecule has 0 saturated heterocycles. The second-order valence-electron chi connectivity index (χ2n) is 5.46. The molecular formula is C15H19NO6. The highest BCUT2D eigenvalue weighted by Crippen LogP contribution is 2.62. The summed E-state index contributed by atoms with van der Waals surface area (Å²) in [4.78, 5) is 35.3. The molecule has 7 nitrogen and oxygen atoms in total. The maximum atomic E-state index is 11.9. The summed E-state index contributed by atoms with van der Waals surface area (Å²) < 4.78 is 9.78. The molecule has 2 unspecified atom stereocenters. The minimum Gasteiger partial charge on any atom is -0.479 e. The third-order valence-corrected chi connectivity index (χ3v) is 4.26. The summed E-state index contributed by atoms with van der Waals surface area (Å²) in [6.07, 6.45) is 2.83. The van der Waals surface area contributed by atoms with Gasteiger partial charge in [0.2, 0.25) is 0 Å². The number of hydrogen-bond acceptors (Lipinski definition) is 5. The van der Waals surface area contributed by atoms with Crippen molar-refractivity contribution >= 4 is 18.0 Å². The van der Waals surface area contributed by atoms with Gasteiger partial charge in [0.15, 0.2) is 0 Å². The molecule has 7 heteroatoms. The molecule has 2 fully saturated rings. The zero-order chi connectivity index (χ0) is 16.3. The first-order valence-electron chi connectivity index (χ1n) is 7.04. The lowest BCUT2D eigenvalue weighted by Crippen LogP contribution is -2.56. The van der Waals surface area contributed by atoms with Gasteiger partial charge in [-0.05, 0) is 18.8 Å². The van der Waals surface area contributed by atoms with E-state index in [1.54, 1.807) is 0 Å². The van der Waals surface area contributed by atoms with Gasteiger partial charge in [0, 0.05) is 5.92 Å². The number of carboxylic acids is 1. The fraction of sp³-hybridized carbons (Fsp3) is 0.533. The molecule has 0 radical (unpaired) electrons. The second-order valence-corrected chi connectivity index (χ2v) is 5.46. The number of aliphatic carboxylic acids is 1. The molecule has 0 heterocycles. The van der Waals surface area contributed by atoms with E-state index in [0.29, 0.717) is 6.42 Å². The number of nitrogens with one attached hydrogen (secondary N) is 1. The van der Waals surface area contributed by atoms with Crippen LogP contribution in [0.3, 0.4) is 0 Å². The quantitative estimate of drug-likeness (QED) is 0.539. The van der Waals surface area contributed by atoms with E-state index in [9.17, 15) is 19.5 Å². The van der Waals surface area contributed by atoms with Crippen LogP contribution < -0.4 is 5.32 Å². The Hall–Kier alpha value is -2.31. The normalized spacial score (nSPS) is 31.5. The highest BCUT2D eigenvalue weighted by molar-refractivity contribution is 5.89. The standard InChI is InChI=1S/C15H19NO6/c1-3-7-21-12(17)10-9-5-6-15(11(9)10,13(18)19)16-14(20)22-8-4-2/h3-4,9-11H,1-2,5-8H2,(H,16,20)(H,18,19)/t9-,10-,11?,15?/m0/s1. The van der Waals surface area contributed by atoms with E-state index in [1.165, 1.54) is 12.2 Å². The molecule has 0 aromatic rings. The summed E-state index contributed by atoms with van der Waals surface area (Å²) in [6.45, 7) is 6.94. The van der Waals surface area contributed by atoms with E-state index in [0.717, 1.165) is 0 Å². The van der Waals surface area contributed by atoms with Crippen LogP contribution in [0.5, 0.6) is 0 Å². The molecule has 2 aliphatic rings. The highest BCUT2D eigenvalue weighted by atomic mass is 16.5. The van der Waals surface area contributed by atoms with Gasteiger partial charge >= 0.3 is 18.0 Å². The summed E-state index contributed by atoms with van der Waals surface area (Å²) in [5.74, 6) is -2.63. The Bertz CT molecular complexity index is 516. The molecular weight excluding hydrogens is 290 g/mol. The van der Waals surface area contributed by atoms with E-state index in [-0.39, 0.29) is 25.6 Å². The SMILES string of the molecule is C=CCOC(=O)NC1(C(=O)O)CC[C@@H]2C1[C@H]2C(=O)OCC=C. The van der Waals surface area contributed by atoms with Crippen LogP contribution in [0.2, 0.25) is 0 Å². The molecule has 2 rings (SSSR count). The number of fused-ring (bicyclic) bond motifs is 1. The number of amides is 1. The first-order chi connectivity index (χ1) is 10.5. The Balaban J connectivity index is 2.07. The predicted molar refractivity (Wildman–Crippen MR) is 75.9 cm³/mol. The molecule has 0 aliphatic heterocycles. The molecule has 0 spiro atoms. The molecule has 2 saturated carbocycles. The van der Waals surface area contributed by atoms with E-state index in [4.69, 9.17) is 9.47 Å². The number of rotatable bonds is 7. The van der Waals surface area contributed by atoms with Gasteiger partial charge in [-0.1, -0.05) is 25.3 Å². The average molecular weight is 309 g/mol. The van der Waals surface area contributed by atoms with Crippen LogP contribution in [-0.2, 0) is 19.1 Å². The van der Waals surface area contributed by atoms with Crippen molar-refractivity contribution < 1.29 is 29.0 Å². The van der Waals surface area contributed by atoms with Crippen molar-refractivity contribution in [3.05, 3.63) is 25.3 Å². The molecule has 2 N–H and O–H groups in total. The molecule has 4 atom stereocenters. The largest absolute Gasteiger partial charge is 0.479 e. The van der Waals surface area contributed by atoms with Gasteiger partial charge in [-0.2, -0.15) is 0 Å². The van der Waals surface area contributed by atoms with Gasteiger partial charge in [0.25, 0.3) is 0 Å². The Morgan fingerprint density at radius 1 is 1.23 bits per heavy atom. The summed E-state index contributed by atoms with van der Waals surface area (Å²) in [6, 6.07) is 0. The second kappa shape index (κ2) is 6.21. The van der Waals surface area contributed by atoms with Crippen LogP contribution in [0.15, 0.2) is 25.3 Å². The highest BCUT2D eigenvalue weighted by Gasteiger charge is 2.72. The minimum atomic E-state index is -1.47. The van der Waals surface area contributed by atoms with Gasteiger partial charge < -0.3 is 19.9 Å². The first kappa shape index (κ1) is 16.1. The Kier molecular flexibility index (Phi) is 4.54. The van der Waals surface area contributed by atoms with Gasteiger partial charge in [-0.15, -0.1) is 0 Å². The van der Waals surface area contributed by atoms with Gasteiger partial charge in [-0.25, -0.2) is 9.59 Å². The van der Waals surface area contributed by atoms with E-state index < -0.39 is 35.4 Å². The predicted octanol–water partition coefficient (Wildman–Crippen LogP) is 1.11. The number of hydrogen-bond donors (Lipinski definition) is 2. The number of ether oxygens (including phenoxy) is 2. The number of esters is 1. The monoisotopic (exact) mass is 309 g/mol. The zero-order valence-electron chi connectivity index (χ0n) is 12.1. The third kappa shape index (κ3) is 2.70. The number of alkyl carbamates (subject to hydrolysis) is 1. The molecule has 120 valence electrons. The van der Waals surface area contributed by atoms with Crippen LogP contribution in [-0.4, -0.2) is 41.9 Å². The van der Waals surface area contributed by atoms with Crippen LogP contribution >= 0.6 is 0 Å². The molecule has 2 aliphatic carbocycles. The lowest BCUT2D eigenvalue weighted by Gasteiger charge is -2.28. The van der Waals surface area contributed by atoms with Gasteiger partial charge in [0.05, 0.1) is 5.92 Å². The molecule has 22 heavy (non-hydrogen) atoms. The molecule has 0 aromatic carbocycles. The van der Waals surface area contributed by atoms with Crippen LogP contribution in [0, 0.1) is 17.8 Å². The lowest BCUT2D eigenvalue weighted by atomic mass is 9.90. The van der Waals surface area contributed by atoms with Crippen LogP contribution in [0.4, 0.5) is 4.79 Å². The fourth-order valence-electron chi connectivity index (χ4n) is 3.33. The van der Waals surface area contributed by atoms with Gasteiger partial charge in [-0.3, -0.25) is 4.79 Å². The maximum Gasteiger partial charge on any atom is 0.408 e. The average Bonchev–Trinajstić information content (AvgIpc) is 3.11. The minimum absolute atomic E-state index is 0.0135. The summed E-state index contributed by atoms with van der Waals surface area (Å²) in [5, 5.41) is 12.0. The van der Waals surface area contributed by atoms with Crippen molar-refractivity contribution in [2.45, 2.75) is 18.4 Å². The maximum absolute atomic E-state index is 11.9. The van der Waals surface area contributed by atoms with Crippen molar-refractivity contribution in [2.75, 3.05) is 13.2 Å². The van der Waals surface area contributed by atoms with Crippen molar-refractivity contribution in [3.63, 3.8) is 0 Å². The number of carbonyl (C=O) groups is 3. The van der Waals surface area contributed by atoms with Crippen LogP contribution in [0.25, 0.3) is 0 Å². The fourth-order valence-corrected chi connectivity index (χ4v) is 3.33. The zero-order valence-corrected chi connectivity index (χ0v) is 12.1. The van der Waals surface area contributed by atoms with Crippen molar-refractivity contribution in [2.24, 2.45) is 17.8 Å². The molecule has 1 amide bonds. The number of carbonyl (C=O) groups excluding carboxylic acids is 2. The summed E-state index contributed by atoms with van der Waals surface area (Å²) in [7, 11) is 0. The summed E-state index contributed by atoms with van der Waals surface area (Å²) >= 11 is 0. The first-order valence-corrected chi connectivity index (χ1v) is 7.04.